The summed E-state index contributed by atoms with van der Waals surface area (Å²) < 4.78 is 42.4. The number of carboxylic acids is 1. The lowest BCUT2D eigenvalue weighted by atomic mass is 10.2. The minimum atomic E-state index is -0.967. The second-order valence-electron chi connectivity index (χ2n) is 8.88. The van der Waals surface area contributed by atoms with Crippen LogP contribution in [0.4, 0.5) is 8.78 Å². The van der Waals surface area contributed by atoms with E-state index in [0.717, 1.165) is 23.7 Å². The average molecular weight is 525 g/mol. The van der Waals surface area contributed by atoms with Gasteiger partial charge in [0, 0.05) is 35.2 Å². The predicted molar refractivity (Wildman–Crippen MR) is 136 cm³/mol. The number of aliphatic carboxylic acids is 1. The van der Waals surface area contributed by atoms with E-state index in [0.29, 0.717) is 43.0 Å². The summed E-state index contributed by atoms with van der Waals surface area (Å²) in [6.45, 7) is 3.41. The topological polar surface area (TPSA) is 91.4 Å². The van der Waals surface area contributed by atoms with Crippen LogP contribution in [0.15, 0.2) is 60.8 Å². The molecule has 0 aliphatic rings. The zero-order valence-corrected chi connectivity index (χ0v) is 21.1. The Labute approximate surface area is 219 Å². The molecule has 0 saturated heterocycles. The number of carbonyl (C=O) groups is 1. The number of carboxylic acid groups (broad SMARTS) is 1. The van der Waals surface area contributed by atoms with Crippen LogP contribution in [0.5, 0.6) is 11.8 Å². The lowest BCUT2D eigenvalue weighted by Gasteiger charge is -2.09. The van der Waals surface area contributed by atoms with Crippen LogP contribution in [0, 0.1) is 11.6 Å². The van der Waals surface area contributed by atoms with E-state index in [1.807, 2.05) is 43.3 Å². The number of halogens is 2. The molecule has 2 heterocycles. The molecule has 38 heavy (non-hydrogen) atoms. The van der Waals surface area contributed by atoms with Gasteiger partial charge >= 0.3 is 5.97 Å². The van der Waals surface area contributed by atoms with Crippen LogP contribution in [-0.2, 0) is 30.7 Å². The van der Waals surface area contributed by atoms with Crippen molar-refractivity contribution in [2.75, 3.05) is 13.2 Å². The monoisotopic (exact) mass is 524 g/mol. The van der Waals surface area contributed by atoms with Gasteiger partial charge in [0.2, 0.25) is 11.8 Å². The van der Waals surface area contributed by atoms with E-state index in [-0.39, 0.29) is 25.5 Å². The molecule has 0 aliphatic carbocycles. The Hall–Kier alpha value is -4.21. The number of aryl methyl sites for hydroxylation is 1. The highest BCUT2D eigenvalue weighted by Crippen LogP contribution is 2.20. The van der Waals surface area contributed by atoms with E-state index >= 15 is 0 Å². The molecular weight excluding hydrogens is 494 g/mol. The van der Waals surface area contributed by atoms with Crippen LogP contribution >= 0.6 is 0 Å². The second-order valence-corrected chi connectivity index (χ2v) is 8.88. The Morgan fingerprint density at radius 3 is 2.53 bits per heavy atom. The van der Waals surface area contributed by atoms with Gasteiger partial charge in [-0.1, -0.05) is 43.3 Å². The number of hydrogen-bond acceptors (Lipinski definition) is 5. The third-order valence-corrected chi connectivity index (χ3v) is 5.77. The van der Waals surface area contributed by atoms with Crippen molar-refractivity contribution in [1.82, 2.24) is 19.6 Å². The van der Waals surface area contributed by atoms with Crippen molar-refractivity contribution in [3.05, 3.63) is 94.8 Å². The van der Waals surface area contributed by atoms with Crippen molar-refractivity contribution in [1.29, 1.82) is 0 Å². The minimum Gasteiger partial charge on any atom is -0.481 e. The zero-order valence-electron chi connectivity index (χ0n) is 21.1. The molecule has 2 aromatic carbocycles. The number of aromatic nitrogens is 4. The lowest BCUT2D eigenvalue weighted by molar-refractivity contribution is -0.136. The van der Waals surface area contributed by atoms with Gasteiger partial charge in [0.15, 0.2) is 0 Å². The van der Waals surface area contributed by atoms with Crippen molar-refractivity contribution in [2.45, 2.75) is 45.7 Å². The molecule has 0 aliphatic heterocycles. The maximum absolute atomic E-state index is 14.3. The zero-order chi connectivity index (χ0) is 26.9. The van der Waals surface area contributed by atoms with Crippen LogP contribution in [0.25, 0.3) is 0 Å². The summed E-state index contributed by atoms with van der Waals surface area (Å²) in [5.41, 5.74) is 2.66. The molecule has 0 unspecified atom stereocenters. The molecule has 200 valence electrons. The first kappa shape index (κ1) is 26.8. The van der Waals surface area contributed by atoms with Crippen LogP contribution < -0.4 is 9.47 Å². The third-order valence-electron chi connectivity index (χ3n) is 5.77. The first-order valence-electron chi connectivity index (χ1n) is 12.5. The van der Waals surface area contributed by atoms with E-state index in [1.54, 1.807) is 15.6 Å². The van der Waals surface area contributed by atoms with E-state index in [9.17, 15) is 18.7 Å². The molecule has 0 radical (unpaired) electrons. The highest BCUT2D eigenvalue weighted by Gasteiger charge is 2.16. The fourth-order valence-electron chi connectivity index (χ4n) is 3.98. The van der Waals surface area contributed by atoms with Gasteiger partial charge in [-0.25, -0.2) is 8.78 Å². The molecule has 0 saturated carbocycles. The third kappa shape index (κ3) is 7.41. The summed E-state index contributed by atoms with van der Waals surface area (Å²) in [4.78, 5) is 11.3. The van der Waals surface area contributed by atoms with Gasteiger partial charge in [-0.15, -0.1) is 10.2 Å². The molecule has 4 rings (SSSR count). The van der Waals surface area contributed by atoms with Crippen molar-refractivity contribution >= 4 is 5.97 Å². The number of nitrogens with zero attached hydrogens (tertiary/aromatic N) is 4. The summed E-state index contributed by atoms with van der Waals surface area (Å²) >= 11 is 0. The predicted octanol–water partition coefficient (Wildman–Crippen LogP) is 4.88. The van der Waals surface area contributed by atoms with Crippen LogP contribution in [0.2, 0.25) is 0 Å². The van der Waals surface area contributed by atoms with E-state index in [1.165, 1.54) is 12.1 Å². The summed E-state index contributed by atoms with van der Waals surface area (Å²) in [5, 5.41) is 18.2. The fourth-order valence-corrected chi connectivity index (χ4v) is 3.98. The van der Waals surface area contributed by atoms with E-state index in [2.05, 4.69) is 10.2 Å². The van der Waals surface area contributed by atoms with Crippen molar-refractivity contribution in [3.8, 4) is 11.8 Å². The van der Waals surface area contributed by atoms with Crippen molar-refractivity contribution in [3.63, 3.8) is 0 Å². The van der Waals surface area contributed by atoms with Crippen molar-refractivity contribution in [2.24, 2.45) is 0 Å². The highest BCUT2D eigenvalue weighted by atomic mass is 19.1. The minimum absolute atomic E-state index is 0.129. The van der Waals surface area contributed by atoms with Gasteiger partial charge in [-0.3, -0.25) is 14.2 Å². The Balaban J connectivity index is 1.42. The Bertz CT molecular complexity index is 1350. The molecule has 0 spiro atoms. The maximum Gasteiger partial charge on any atom is 0.308 e. The quantitative estimate of drug-likeness (QED) is 0.237. The second kappa shape index (κ2) is 12.8. The van der Waals surface area contributed by atoms with Gasteiger partial charge in [0.05, 0.1) is 32.7 Å². The largest absolute Gasteiger partial charge is 0.481 e. The van der Waals surface area contributed by atoms with E-state index < -0.39 is 17.6 Å². The van der Waals surface area contributed by atoms with Crippen LogP contribution in [-0.4, -0.2) is 43.9 Å². The summed E-state index contributed by atoms with van der Waals surface area (Å²) in [6, 6.07) is 15.0. The molecule has 1 N–H and O–H groups in total. The lowest BCUT2D eigenvalue weighted by Crippen LogP contribution is -2.10. The molecule has 10 heteroatoms. The SMILES string of the molecule is CCCOc1cc(CCCOc2nn(Cc3ccccc3)cc2CC(=O)O)n(Cc2ccc(F)cc2F)n1. The van der Waals surface area contributed by atoms with Crippen LogP contribution in [0.1, 0.15) is 42.1 Å². The summed E-state index contributed by atoms with van der Waals surface area (Å²) in [5.74, 6) is -1.51. The molecule has 0 bridgehead atoms. The molecule has 8 nitrogen and oxygen atoms in total. The Morgan fingerprint density at radius 2 is 1.79 bits per heavy atom. The van der Waals surface area contributed by atoms with Gasteiger partial charge in [0.25, 0.3) is 0 Å². The first-order chi connectivity index (χ1) is 18.4. The normalized spacial score (nSPS) is 11.0. The Morgan fingerprint density at radius 1 is 0.974 bits per heavy atom. The van der Waals surface area contributed by atoms with Gasteiger partial charge < -0.3 is 14.6 Å². The fraction of sp³-hybridized carbons (Fsp3) is 0.321. The number of hydrogen-bond donors (Lipinski definition) is 1. The van der Waals surface area contributed by atoms with E-state index in [4.69, 9.17) is 9.47 Å². The van der Waals surface area contributed by atoms with Crippen LogP contribution in [0.3, 0.4) is 0 Å². The van der Waals surface area contributed by atoms with Gasteiger partial charge in [0.1, 0.15) is 11.6 Å². The average Bonchev–Trinajstić information content (AvgIpc) is 3.45. The highest BCUT2D eigenvalue weighted by molar-refractivity contribution is 5.70. The number of benzene rings is 2. The number of rotatable bonds is 14. The molecule has 0 atom stereocenters. The molecular formula is C28H30F2N4O4. The standard InChI is InChI=1S/C28H30F2N4O4/c1-2-12-37-26-16-24(34(31-26)19-21-10-11-23(29)15-25(21)30)9-6-13-38-28-22(14-27(35)36)18-33(32-28)17-20-7-4-3-5-8-20/h3-5,7-8,10-11,15-16,18H,2,6,9,12-14,17,19H2,1H3,(H,35,36). The Kier molecular flexibility index (Phi) is 9.07. The maximum atomic E-state index is 14.3. The van der Waals surface area contributed by atoms with Crippen molar-refractivity contribution < 1.29 is 28.2 Å². The molecule has 4 aromatic rings. The smallest absolute Gasteiger partial charge is 0.308 e. The number of ether oxygens (including phenoxy) is 2. The molecule has 2 aromatic heterocycles. The first-order valence-corrected chi connectivity index (χ1v) is 12.5. The molecule has 0 amide bonds. The summed E-state index contributed by atoms with van der Waals surface area (Å²) in [6.07, 6.45) is 3.43. The van der Waals surface area contributed by atoms with Gasteiger partial charge in [-0.2, -0.15) is 0 Å². The van der Waals surface area contributed by atoms with Gasteiger partial charge in [-0.05, 0) is 30.9 Å². The summed E-state index contributed by atoms with van der Waals surface area (Å²) in [7, 11) is 0. The molecule has 0 fully saturated rings.